The molecule has 1 amide bonds. The van der Waals surface area contributed by atoms with Gasteiger partial charge in [0.25, 0.3) is 5.91 Å². The number of rotatable bonds is 0. The van der Waals surface area contributed by atoms with Crippen LogP contribution in [0.5, 0.6) is 0 Å². The van der Waals surface area contributed by atoms with E-state index in [9.17, 15) is 4.79 Å². The van der Waals surface area contributed by atoms with Crippen molar-refractivity contribution in [2.45, 2.75) is 18.3 Å². The molecule has 1 saturated carbocycles. The minimum absolute atomic E-state index is 0.0170. The van der Waals surface area contributed by atoms with E-state index >= 15 is 0 Å². The van der Waals surface area contributed by atoms with Crippen molar-refractivity contribution in [3.63, 3.8) is 0 Å². The average Bonchev–Trinajstić information content (AvgIpc) is 3.18. The molecule has 4 rings (SSSR count). The standard InChI is InChI=1S/C16H13NO/c18-16-12-7-2-1-5-10(12)13-9-14(13)11-6-3-4-8-15(11)17-16/h1-8,13-14H,9H2,(H,17,18)/t13-,14+/m1/s1. The van der Waals surface area contributed by atoms with Gasteiger partial charge >= 0.3 is 0 Å². The fraction of sp³-hybridized carbons (Fsp3) is 0.188. The van der Waals surface area contributed by atoms with Crippen LogP contribution in [0.15, 0.2) is 48.5 Å². The molecule has 0 radical (unpaired) electrons. The third-order valence-electron chi connectivity index (χ3n) is 4.00. The molecule has 2 atom stereocenters. The number of carbonyl (C=O) groups excluding carboxylic acids is 1. The van der Waals surface area contributed by atoms with Crippen molar-refractivity contribution in [1.82, 2.24) is 0 Å². The Hall–Kier alpha value is -2.09. The lowest BCUT2D eigenvalue weighted by atomic mass is 9.96. The first-order valence-electron chi connectivity index (χ1n) is 6.34. The maximum Gasteiger partial charge on any atom is 0.255 e. The van der Waals surface area contributed by atoms with Gasteiger partial charge in [0.1, 0.15) is 0 Å². The molecule has 2 aliphatic rings. The normalized spacial score (nSPS) is 23.9. The number of fused-ring (bicyclic) bond motifs is 5. The van der Waals surface area contributed by atoms with E-state index in [1.165, 1.54) is 11.1 Å². The Labute approximate surface area is 106 Å². The molecule has 0 spiro atoms. The first kappa shape index (κ1) is 9.89. The summed E-state index contributed by atoms with van der Waals surface area (Å²) in [5.74, 6) is 1.11. The van der Waals surface area contributed by atoms with Crippen LogP contribution in [-0.2, 0) is 0 Å². The SMILES string of the molecule is O=C1Nc2ccccc2[C@@H]2C[C@@H]2c2ccccc21. The highest BCUT2D eigenvalue weighted by atomic mass is 16.1. The number of para-hydroxylation sites is 1. The van der Waals surface area contributed by atoms with Crippen molar-refractivity contribution in [2.75, 3.05) is 5.32 Å². The molecule has 88 valence electrons. The quantitative estimate of drug-likeness (QED) is 0.743. The first-order chi connectivity index (χ1) is 8.84. The van der Waals surface area contributed by atoms with Crippen molar-refractivity contribution < 1.29 is 4.79 Å². The fourth-order valence-electron chi connectivity index (χ4n) is 3.03. The molecule has 0 aromatic heterocycles. The van der Waals surface area contributed by atoms with Gasteiger partial charge in [0, 0.05) is 11.3 Å². The molecule has 1 N–H and O–H groups in total. The highest BCUT2D eigenvalue weighted by Crippen LogP contribution is 2.57. The van der Waals surface area contributed by atoms with Crippen molar-refractivity contribution in [2.24, 2.45) is 0 Å². The Morgan fingerprint density at radius 3 is 2.44 bits per heavy atom. The molecule has 1 aliphatic heterocycles. The van der Waals surface area contributed by atoms with Crippen LogP contribution in [0.2, 0.25) is 0 Å². The van der Waals surface area contributed by atoms with E-state index in [1.54, 1.807) is 0 Å². The zero-order valence-electron chi connectivity index (χ0n) is 9.89. The van der Waals surface area contributed by atoms with Gasteiger partial charge in [0.15, 0.2) is 0 Å². The van der Waals surface area contributed by atoms with E-state index in [4.69, 9.17) is 0 Å². The molecule has 0 bridgehead atoms. The minimum atomic E-state index is 0.0170. The Bertz CT molecular complexity index is 647. The number of hydrogen-bond donors (Lipinski definition) is 1. The highest BCUT2D eigenvalue weighted by Gasteiger charge is 2.43. The molecule has 0 saturated heterocycles. The second-order valence-electron chi connectivity index (χ2n) is 5.08. The maximum atomic E-state index is 12.3. The third-order valence-corrected chi connectivity index (χ3v) is 4.00. The van der Waals surface area contributed by atoms with E-state index in [0.717, 1.165) is 17.7 Å². The van der Waals surface area contributed by atoms with Gasteiger partial charge in [-0.25, -0.2) is 0 Å². The van der Waals surface area contributed by atoms with Gasteiger partial charge in [0.2, 0.25) is 0 Å². The molecule has 1 aliphatic carbocycles. The Morgan fingerprint density at radius 1 is 0.889 bits per heavy atom. The summed E-state index contributed by atoms with van der Waals surface area (Å²) < 4.78 is 0. The average molecular weight is 235 g/mol. The Kier molecular flexibility index (Phi) is 1.90. The van der Waals surface area contributed by atoms with Gasteiger partial charge in [-0.15, -0.1) is 0 Å². The number of amides is 1. The smallest absolute Gasteiger partial charge is 0.255 e. The van der Waals surface area contributed by atoms with Crippen LogP contribution in [0.1, 0.15) is 39.7 Å². The summed E-state index contributed by atoms with van der Waals surface area (Å²) in [6.07, 6.45) is 1.16. The lowest BCUT2D eigenvalue weighted by Gasteiger charge is -2.16. The van der Waals surface area contributed by atoms with E-state index in [1.807, 2.05) is 36.4 Å². The summed E-state index contributed by atoms with van der Waals surface area (Å²) in [6, 6.07) is 16.1. The van der Waals surface area contributed by atoms with Crippen molar-refractivity contribution >= 4 is 11.6 Å². The highest BCUT2D eigenvalue weighted by molar-refractivity contribution is 6.06. The molecule has 1 heterocycles. The maximum absolute atomic E-state index is 12.3. The lowest BCUT2D eigenvalue weighted by molar-refractivity contribution is 0.102. The van der Waals surface area contributed by atoms with Gasteiger partial charge in [-0.2, -0.15) is 0 Å². The number of nitrogens with one attached hydrogen (secondary N) is 1. The van der Waals surface area contributed by atoms with Crippen LogP contribution in [0, 0.1) is 0 Å². The fourth-order valence-corrected chi connectivity index (χ4v) is 3.03. The number of carbonyl (C=O) groups is 1. The van der Waals surface area contributed by atoms with Gasteiger partial charge in [-0.05, 0) is 41.5 Å². The Balaban J connectivity index is 1.90. The van der Waals surface area contributed by atoms with Crippen LogP contribution in [0.25, 0.3) is 0 Å². The second kappa shape index (κ2) is 3.45. The monoisotopic (exact) mass is 235 g/mol. The van der Waals surface area contributed by atoms with Crippen LogP contribution in [-0.4, -0.2) is 5.91 Å². The molecule has 2 nitrogen and oxygen atoms in total. The van der Waals surface area contributed by atoms with E-state index < -0.39 is 0 Å². The molecule has 1 fully saturated rings. The predicted octanol–water partition coefficient (Wildman–Crippen LogP) is 3.52. The van der Waals surface area contributed by atoms with Crippen LogP contribution in [0.3, 0.4) is 0 Å². The van der Waals surface area contributed by atoms with Crippen LogP contribution in [0.4, 0.5) is 5.69 Å². The zero-order chi connectivity index (χ0) is 12.1. The molecular formula is C16H13NO. The van der Waals surface area contributed by atoms with Gasteiger partial charge in [0.05, 0.1) is 0 Å². The molecule has 0 unspecified atom stereocenters. The van der Waals surface area contributed by atoms with Gasteiger partial charge in [-0.1, -0.05) is 36.4 Å². The van der Waals surface area contributed by atoms with Crippen LogP contribution < -0.4 is 5.32 Å². The van der Waals surface area contributed by atoms with E-state index in [2.05, 4.69) is 17.4 Å². The predicted molar refractivity (Wildman–Crippen MR) is 70.9 cm³/mol. The van der Waals surface area contributed by atoms with Crippen molar-refractivity contribution in [3.05, 3.63) is 65.2 Å². The number of anilines is 1. The molecule has 18 heavy (non-hydrogen) atoms. The molecule has 2 heteroatoms. The van der Waals surface area contributed by atoms with E-state index in [-0.39, 0.29) is 5.91 Å². The summed E-state index contributed by atoms with van der Waals surface area (Å²) in [7, 11) is 0. The minimum Gasteiger partial charge on any atom is -0.322 e. The molecule has 2 aromatic carbocycles. The van der Waals surface area contributed by atoms with E-state index in [0.29, 0.717) is 11.8 Å². The summed E-state index contributed by atoms with van der Waals surface area (Å²) in [5.41, 5.74) is 4.30. The Morgan fingerprint density at radius 2 is 1.56 bits per heavy atom. The molecule has 2 aromatic rings. The van der Waals surface area contributed by atoms with Gasteiger partial charge in [-0.3, -0.25) is 4.79 Å². The van der Waals surface area contributed by atoms with Crippen LogP contribution >= 0.6 is 0 Å². The summed E-state index contributed by atoms with van der Waals surface area (Å²) in [5, 5.41) is 3.04. The molecular weight excluding hydrogens is 222 g/mol. The summed E-state index contributed by atoms with van der Waals surface area (Å²) >= 11 is 0. The topological polar surface area (TPSA) is 29.1 Å². The third kappa shape index (κ3) is 1.32. The zero-order valence-corrected chi connectivity index (χ0v) is 9.89. The summed E-state index contributed by atoms with van der Waals surface area (Å²) in [6.45, 7) is 0. The first-order valence-corrected chi connectivity index (χ1v) is 6.34. The number of benzene rings is 2. The summed E-state index contributed by atoms with van der Waals surface area (Å²) in [4.78, 5) is 12.3. The van der Waals surface area contributed by atoms with Crippen molar-refractivity contribution in [1.29, 1.82) is 0 Å². The number of hydrogen-bond acceptors (Lipinski definition) is 1. The van der Waals surface area contributed by atoms with Crippen molar-refractivity contribution in [3.8, 4) is 0 Å². The largest absolute Gasteiger partial charge is 0.322 e. The van der Waals surface area contributed by atoms with Gasteiger partial charge < -0.3 is 5.32 Å². The lowest BCUT2D eigenvalue weighted by Crippen LogP contribution is -2.16. The second-order valence-corrected chi connectivity index (χ2v) is 5.08.